The highest BCUT2D eigenvalue weighted by atomic mass is 35.7. The zero-order chi connectivity index (χ0) is 16.0. The van der Waals surface area contributed by atoms with Gasteiger partial charge >= 0.3 is 0 Å². The minimum absolute atomic E-state index is 0.0598. The molecule has 0 aromatic heterocycles. The Labute approximate surface area is 130 Å². The number of benzene rings is 1. The van der Waals surface area contributed by atoms with Gasteiger partial charge < -0.3 is 10.1 Å². The van der Waals surface area contributed by atoms with E-state index in [2.05, 4.69) is 5.32 Å². The molecule has 0 radical (unpaired) electrons. The average Bonchev–Trinajstić information content (AvgIpc) is 2.43. The summed E-state index contributed by atoms with van der Waals surface area (Å²) in [6, 6.07) is 4.62. The number of hydrogen-bond donors (Lipinski definition) is 1. The second-order valence-electron chi connectivity index (χ2n) is 4.92. The van der Waals surface area contributed by atoms with E-state index in [1.54, 1.807) is 6.07 Å². The van der Waals surface area contributed by atoms with E-state index >= 15 is 0 Å². The van der Waals surface area contributed by atoms with Crippen molar-refractivity contribution in [2.75, 3.05) is 7.11 Å². The summed E-state index contributed by atoms with van der Waals surface area (Å²) in [5.41, 5.74) is 0.646. The molecule has 1 aromatic carbocycles. The van der Waals surface area contributed by atoms with Gasteiger partial charge in [-0.25, -0.2) is 8.42 Å². The van der Waals surface area contributed by atoms with E-state index < -0.39 is 9.05 Å². The predicted octanol–water partition coefficient (Wildman–Crippen LogP) is 2.68. The third kappa shape index (κ3) is 5.55. The Morgan fingerprint density at radius 3 is 2.62 bits per heavy atom. The average molecular weight is 334 g/mol. The maximum atomic E-state index is 11.7. The summed E-state index contributed by atoms with van der Waals surface area (Å²) in [4.78, 5) is 11.6. The van der Waals surface area contributed by atoms with E-state index in [9.17, 15) is 13.2 Å². The molecule has 1 rings (SSSR count). The molecule has 21 heavy (non-hydrogen) atoms. The first kappa shape index (κ1) is 17.8. The fourth-order valence-electron chi connectivity index (χ4n) is 1.76. The van der Waals surface area contributed by atoms with Gasteiger partial charge in [-0.1, -0.05) is 26.3 Å². The van der Waals surface area contributed by atoms with E-state index in [0.717, 1.165) is 6.42 Å². The first-order valence-corrected chi connectivity index (χ1v) is 8.97. The number of carbonyl (C=O) groups is 1. The van der Waals surface area contributed by atoms with Crippen molar-refractivity contribution in [2.45, 2.75) is 38.1 Å². The molecule has 0 bridgehead atoms. The molecule has 118 valence electrons. The van der Waals surface area contributed by atoms with Gasteiger partial charge in [0.25, 0.3) is 9.05 Å². The molecule has 0 aliphatic carbocycles. The van der Waals surface area contributed by atoms with Crippen LogP contribution in [-0.4, -0.2) is 21.4 Å². The second-order valence-corrected chi connectivity index (χ2v) is 7.45. The predicted molar refractivity (Wildman–Crippen MR) is 82.0 cm³/mol. The molecule has 1 unspecified atom stereocenters. The summed E-state index contributed by atoms with van der Waals surface area (Å²) in [6.45, 7) is 4.28. The highest BCUT2D eigenvalue weighted by molar-refractivity contribution is 8.13. The Morgan fingerprint density at radius 2 is 2.10 bits per heavy atom. The molecule has 7 heteroatoms. The van der Waals surface area contributed by atoms with Crippen LogP contribution in [0.25, 0.3) is 0 Å². The number of halogens is 1. The van der Waals surface area contributed by atoms with Crippen molar-refractivity contribution >= 4 is 25.6 Å². The first-order valence-electron chi connectivity index (χ1n) is 6.66. The third-order valence-corrected chi connectivity index (χ3v) is 4.55. The van der Waals surface area contributed by atoms with Crippen LogP contribution in [0.3, 0.4) is 0 Å². The standard InChI is InChI=1S/C14H20ClNO4S/c1-4-10(2)7-14(17)16-9-11-5-6-12(20-3)13(8-11)21(15,18)19/h5-6,8,10H,4,7,9H2,1-3H3,(H,16,17). The number of hydrogen-bond acceptors (Lipinski definition) is 4. The summed E-state index contributed by atoms with van der Waals surface area (Å²) < 4.78 is 27.9. The molecule has 0 fully saturated rings. The van der Waals surface area contributed by atoms with Crippen LogP contribution >= 0.6 is 10.7 Å². The lowest BCUT2D eigenvalue weighted by molar-refractivity contribution is -0.122. The molecular weight excluding hydrogens is 314 g/mol. The van der Waals surface area contributed by atoms with Crippen molar-refractivity contribution in [3.8, 4) is 5.75 Å². The van der Waals surface area contributed by atoms with Gasteiger partial charge in [0.05, 0.1) is 7.11 Å². The number of ether oxygens (including phenoxy) is 1. The molecule has 5 nitrogen and oxygen atoms in total. The van der Waals surface area contributed by atoms with Crippen molar-refractivity contribution in [3.63, 3.8) is 0 Å². The Bertz CT molecular complexity index is 601. The minimum Gasteiger partial charge on any atom is -0.495 e. The molecule has 0 aliphatic heterocycles. The summed E-state index contributed by atoms with van der Waals surface area (Å²) in [7, 11) is 2.84. The second kappa shape index (κ2) is 7.66. The summed E-state index contributed by atoms with van der Waals surface area (Å²) >= 11 is 0. The van der Waals surface area contributed by atoms with E-state index in [-0.39, 0.29) is 23.1 Å². The van der Waals surface area contributed by atoms with Crippen LogP contribution in [0.1, 0.15) is 32.3 Å². The largest absolute Gasteiger partial charge is 0.495 e. The van der Waals surface area contributed by atoms with Crippen molar-refractivity contribution in [2.24, 2.45) is 5.92 Å². The zero-order valence-electron chi connectivity index (χ0n) is 12.3. The van der Waals surface area contributed by atoms with Crippen LogP contribution in [0.15, 0.2) is 23.1 Å². The molecule has 1 N–H and O–H groups in total. The van der Waals surface area contributed by atoms with Gasteiger partial charge in [0.1, 0.15) is 10.6 Å². The van der Waals surface area contributed by atoms with Gasteiger partial charge in [0, 0.05) is 23.6 Å². The summed E-state index contributed by atoms with van der Waals surface area (Å²) in [5, 5.41) is 2.76. The lowest BCUT2D eigenvalue weighted by atomic mass is 10.1. The molecule has 0 heterocycles. The summed E-state index contributed by atoms with van der Waals surface area (Å²) in [5.74, 6) is 0.440. The number of carbonyl (C=O) groups excluding carboxylic acids is 1. The van der Waals surface area contributed by atoms with Crippen LogP contribution in [-0.2, 0) is 20.4 Å². The first-order chi connectivity index (χ1) is 9.77. The maximum Gasteiger partial charge on any atom is 0.264 e. The van der Waals surface area contributed by atoms with Crippen molar-refractivity contribution in [1.29, 1.82) is 0 Å². The lowest BCUT2D eigenvalue weighted by Crippen LogP contribution is -2.24. The smallest absolute Gasteiger partial charge is 0.264 e. The van der Waals surface area contributed by atoms with Crippen LogP contribution in [0.2, 0.25) is 0 Å². The zero-order valence-corrected chi connectivity index (χ0v) is 13.9. The number of rotatable bonds is 7. The van der Waals surface area contributed by atoms with Gasteiger partial charge in [-0.3, -0.25) is 4.79 Å². The third-order valence-electron chi connectivity index (χ3n) is 3.21. The Hall–Kier alpha value is -1.27. The van der Waals surface area contributed by atoms with Crippen LogP contribution in [0.5, 0.6) is 5.75 Å². The van der Waals surface area contributed by atoms with E-state index in [1.165, 1.54) is 19.2 Å². The molecule has 0 saturated carbocycles. The highest BCUT2D eigenvalue weighted by Crippen LogP contribution is 2.27. The normalized spacial score (nSPS) is 12.8. The van der Waals surface area contributed by atoms with E-state index in [0.29, 0.717) is 17.9 Å². The number of nitrogens with one attached hydrogen (secondary N) is 1. The number of methoxy groups -OCH3 is 1. The van der Waals surface area contributed by atoms with Crippen LogP contribution < -0.4 is 10.1 Å². The Morgan fingerprint density at radius 1 is 1.43 bits per heavy atom. The van der Waals surface area contributed by atoms with Gasteiger partial charge in [0.15, 0.2) is 0 Å². The quantitative estimate of drug-likeness (QED) is 0.779. The van der Waals surface area contributed by atoms with Crippen molar-refractivity contribution in [3.05, 3.63) is 23.8 Å². The van der Waals surface area contributed by atoms with Crippen molar-refractivity contribution < 1.29 is 17.9 Å². The van der Waals surface area contributed by atoms with Crippen LogP contribution in [0.4, 0.5) is 0 Å². The molecular formula is C14H20ClNO4S. The molecule has 1 atom stereocenters. The fraction of sp³-hybridized carbons (Fsp3) is 0.500. The molecule has 1 amide bonds. The van der Waals surface area contributed by atoms with E-state index in [1.807, 2.05) is 13.8 Å². The number of amides is 1. The van der Waals surface area contributed by atoms with Gasteiger partial charge in [0.2, 0.25) is 5.91 Å². The molecule has 0 aliphatic rings. The fourth-order valence-corrected chi connectivity index (χ4v) is 2.80. The van der Waals surface area contributed by atoms with Crippen LogP contribution in [0, 0.1) is 5.92 Å². The Balaban J connectivity index is 2.80. The highest BCUT2D eigenvalue weighted by Gasteiger charge is 2.17. The van der Waals surface area contributed by atoms with Gasteiger partial charge in [-0.05, 0) is 23.6 Å². The molecule has 0 spiro atoms. The van der Waals surface area contributed by atoms with Crippen molar-refractivity contribution in [1.82, 2.24) is 5.32 Å². The van der Waals surface area contributed by atoms with E-state index in [4.69, 9.17) is 15.4 Å². The maximum absolute atomic E-state index is 11.7. The minimum atomic E-state index is -3.90. The SMILES string of the molecule is CCC(C)CC(=O)NCc1ccc(OC)c(S(=O)(=O)Cl)c1. The van der Waals surface area contributed by atoms with Gasteiger partial charge in [-0.2, -0.15) is 0 Å². The Kier molecular flexibility index (Phi) is 6.48. The van der Waals surface area contributed by atoms with Gasteiger partial charge in [-0.15, -0.1) is 0 Å². The lowest BCUT2D eigenvalue weighted by Gasteiger charge is -2.11. The summed E-state index contributed by atoms with van der Waals surface area (Å²) in [6.07, 6.45) is 1.39. The topological polar surface area (TPSA) is 72.5 Å². The molecule has 0 saturated heterocycles. The monoisotopic (exact) mass is 333 g/mol. The molecule has 1 aromatic rings.